The van der Waals surface area contributed by atoms with Crippen molar-refractivity contribution in [3.05, 3.63) is 181 Å². The van der Waals surface area contributed by atoms with Crippen molar-refractivity contribution in [2.24, 2.45) is 0 Å². The molecule has 0 bridgehead atoms. The summed E-state index contributed by atoms with van der Waals surface area (Å²) in [4.78, 5) is 53.8. The number of hydrogen-bond donors (Lipinski definition) is 3. The van der Waals surface area contributed by atoms with Gasteiger partial charge in [-0.25, -0.2) is 0 Å². The number of aliphatic carboxylic acids is 2. The fourth-order valence-corrected chi connectivity index (χ4v) is 6.21. The van der Waals surface area contributed by atoms with Gasteiger partial charge in [-0.05, 0) is 86.1 Å². The number of hydrogen-bond acceptors (Lipinski definition) is 14. The lowest BCUT2D eigenvalue weighted by molar-refractivity contribution is -0.305. The third kappa shape index (κ3) is 25.3. The molecule has 0 saturated carbocycles. The van der Waals surface area contributed by atoms with Gasteiger partial charge in [-0.3, -0.25) is 49.4 Å². The van der Waals surface area contributed by atoms with Gasteiger partial charge in [0.05, 0.1) is 40.6 Å². The van der Waals surface area contributed by atoms with Crippen LogP contribution in [0, 0.1) is 0 Å². The monoisotopic (exact) mass is 935 g/mol. The lowest BCUT2D eigenvalue weighted by Gasteiger charge is -2.27. The first-order chi connectivity index (χ1) is 31.3. The van der Waals surface area contributed by atoms with Gasteiger partial charge < -0.3 is 25.4 Å². The molecule has 6 rings (SSSR count). The van der Waals surface area contributed by atoms with Gasteiger partial charge in [0.25, 0.3) is 0 Å². The second-order valence-corrected chi connectivity index (χ2v) is 14.9. The van der Waals surface area contributed by atoms with E-state index in [4.69, 9.17) is 10.2 Å². The van der Waals surface area contributed by atoms with Gasteiger partial charge in [-0.1, -0.05) is 52.3 Å². The highest BCUT2D eigenvalue weighted by molar-refractivity contribution is 9.09. The molecule has 6 aromatic heterocycles. The first kappa shape index (κ1) is 52.5. The molecule has 6 aromatic rings. The third-order valence-corrected chi connectivity index (χ3v) is 9.27. The largest absolute Gasteiger partial charge is 0.550 e. The zero-order valence-corrected chi connectivity index (χ0v) is 38.1. The average molecular weight is 937 g/mol. The van der Waals surface area contributed by atoms with Crippen LogP contribution in [-0.4, -0.2) is 111 Å². The van der Waals surface area contributed by atoms with E-state index in [2.05, 4.69) is 78.0 Å². The van der Waals surface area contributed by atoms with Crippen LogP contribution in [-0.2, 0) is 48.9 Å². The SMILES string of the molecule is CCO.O=C(O)CCBr.O=C([O-])CCN(CCN(Cc1ccccn1)Cc1ccccn1)Cc1ccccn1.c1ccc(CNCCN(Cc2ccccn2)Cc2ccccn2)nc1. The van der Waals surface area contributed by atoms with Crippen molar-refractivity contribution in [1.29, 1.82) is 0 Å². The highest BCUT2D eigenvalue weighted by Crippen LogP contribution is 2.10. The number of nitrogens with one attached hydrogen (secondary N) is 1. The number of aromatic nitrogens is 6. The van der Waals surface area contributed by atoms with Gasteiger partial charge in [0, 0.05) is 127 Å². The van der Waals surface area contributed by atoms with Gasteiger partial charge >= 0.3 is 5.97 Å². The first-order valence-corrected chi connectivity index (χ1v) is 22.3. The molecule has 0 spiro atoms. The average Bonchev–Trinajstić information content (AvgIpc) is 3.31. The summed E-state index contributed by atoms with van der Waals surface area (Å²) in [6.45, 7) is 9.96. The minimum absolute atomic E-state index is 0.00663. The topological polar surface area (TPSA) is 197 Å². The Kier molecular flexibility index (Phi) is 27.6. The van der Waals surface area contributed by atoms with E-state index in [0.717, 1.165) is 73.4 Å². The number of halogens is 1. The van der Waals surface area contributed by atoms with Gasteiger partial charge in [0.2, 0.25) is 0 Å². The summed E-state index contributed by atoms with van der Waals surface area (Å²) in [6, 6.07) is 35.6. The number of alkyl halides is 1. The standard InChI is InChI=1S/C23H27N5O2.C20H23N5.C3H5BrO2.C2H6O/c29-23(30)10-14-27(17-20-7-1-4-11-24-20)15-16-28(18-21-8-2-5-12-25-21)19-22-9-3-6-13-26-22;1-4-10-22-18(7-1)15-21-13-14-25(16-19-8-2-5-11-23-19)17-20-9-3-6-12-24-20;4-2-1-3(5)6;1-2-3/h1-9,11-13H,10,14-19H2,(H,29,30);1-12,21H,13-17H2;1-2H2,(H,5,6);3H,2H2,1H3/p-1. The Morgan fingerprint density at radius 2 is 0.859 bits per heavy atom. The lowest BCUT2D eigenvalue weighted by atomic mass is 10.2. The Morgan fingerprint density at radius 3 is 1.16 bits per heavy atom. The Morgan fingerprint density at radius 1 is 0.531 bits per heavy atom. The number of carboxylic acid groups (broad SMARTS) is 2. The molecule has 0 aliphatic heterocycles. The van der Waals surface area contributed by atoms with E-state index < -0.39 is 11.9 Å². The van der Waals surface area contributed by atoms with Gasteiger partial charge in [0.15, 0.2) is 0 Å². The molecule has 15 nitrogen and oxygen atoms in total. The molecule has 0 saturated heterocycles. The minimum Gasteiger partial charge on any atom is -0.550 e. The molecule has 0 aliphatic rings. The zero-order chi connectivity index (χ0) is 45.9. The van der Waals surface area contributed by atoms with Crippen molar-refractivity contribution in [2.45, 2.75) is 59.0 Å². The molecule has 3 N–H and O–H groups in total. The van der Waals surface area contributed by atoms with Crippen molar-refractivity contribution in [2.75, 3.05) is 44.7 Å². The minimum atomic E-state index is -1.04. The quantitative estimate of drug-likeness (QED) is 0.0571. The van der Waals surface area contributed by atoms with E-state index >= 15 is 0 Å². The Hall–Kier alpha value is -5.88. The summed E-state index contributed by atoms with van der Waals surface area (Å²) in [5.41, 5.74) is 6.09. The normalized spacial score (nSPS) is 10.5. The van der Waals surface area contributed by atoms with Gasteiger partial charge in [0.1, 0.15) is 0 Å². The summed E-state index contributed by atoms with van der Waals surface area (Å²) >= 11 is 2.97. The second kappa shape index (κ2) is 33.6. The summed E-state index contributed by atoms with van der Waals surface area (Å²) in [5.74, 6) is -1.80. The maximum Gasteiger partial charge on any atom is 0.304 e. The number of aliphatic hydroxyl groups excluding tert-OH is 1. The van der Waals surface area contributed by atoms with Gasteiger partial charge in [-0.2, -0.15) is 0 Å². The predicted octanol–water partition coefficient (Wildman–Crippen LogP) is 5.03. The summed E-state index contributed by atoms with van der Waals surface area (Å²) in [7, 11) is 0. The maximum atomic E-state index is 11.0. The molecule has 64 heavy (non-hydrogen) atoms. The van der Waals surface area contributed by atoms with Crippen LogP contribution in [0.2, 0.25) is 0 Å². The molecular formula is C48H60BrN10O5-. The lowest BCUT2D eigenvalue weighted by Crippen LogP contribution is -2.37. The highest BCUT2D eigenvalue weighted by Gasteiger charge is 2.14. The number of carbonyl (C=O) groups excluding carboxylic acids is 1. The fraction of sp³-hybridized carbons (Fsp3) is 0.333. The van der Waals surface area contributed by atoms with Crippen LogP contribution in [0.3, 0.4) is 0 Å². The van der Waals surface area contributed by atoms with Crippen LogP contribution in [0.4, 0.5) is 0 Å². The molecule has 0 aromatic carbocycles. The molecule has 0 amide bonds. The number of carbonyl (C=O) groups is 2. The van der Waals surface area contributed by atoms with E-state index in [9.17, 15) is 14.7 Å². The number of nitrogens with zero attached hydrogens (tertiary/aromatic N) is 9. The van der Waals surface area contributed by atoms with E-state index in [1.54, 1.807) is 25.5 Å². The van der Waals surface area contributed by atoms with Crippen LogP contribution in [0.25, 0.3) is 0 Å². The number of carboxylic acids is 2. The summed E-state index contributed by atoms with van der Waals surface area (Å²) < 4.78 is 0. The second-order valence-electron chi connectivity index (χ2n) is 14.1. The number of rotatable bonds is 23. The van der Waals surface area contributed by atoms with Crippen LogP contribution in [0.5, 0.6) is 0 Å². The highest BCUT2D eigenvalue weighted by atomic mass is 79.9. The first-order valence-electron chi connectivity index (χ1n) is 21.1. The van der Waals surface area contributed by atoms with Crippen molar-refractivity contribution < 1.29 is 24.9 Å². The van der Waals surface area contributed by atoms with Crippen LogP contribution >= 0.6 is 15.9 Å². The van der Waals surface area contributed by atoms with Crippen molar-refractivity contribution in [3.63, 3.8) is 0 Å². The maximum absolute atomic E-state index is 11.0. The van der Waals surface area contributed by atoms with E-state index in [-0.39, 0.29) is 19.4 Å². The number of pyridine rings is 6. The van der Waals surface area contributed by atoms with E-state index in [1.807, 2.05) is 116 Å². The van der Waals surface area contributed by atoms with Crippen LogP contribution in [0.15, 0.2) is 146 Å². The molecule has 340 valence electrons. The molecule has 0 fully saturated rings. The van der Waals surface area contributed by atoms with Crippen LogP contribution in [0.1, 0.15) is 53.9 Å². The Bertz CT molecular complexity index is 1970. The van der Waals surface area contributed by atoms with Crippen molar-refractivity contribution in [3.8, 4) is 0 Å². The zero-order valence-electron chi connectivity index (χ0n) is 36.5. The molecule has 0 atom stereocenters. The fourth-order valence-electron chi connectivity index (χ4n) is 5.87. The molecule has 6 heterocycles. The predicted molar refractivity (Wildman–Crippen MR) is 249 cm³/mol. The molecule has 0 aliphatic carbocycles. The van der Waals surface area contributed by atoms with Crippen LogP contribution < -0.4 is 10.4 Å². The molecule has 0 radical (unpaired) electrons. The summed E-state index contributed by atoms with van der Waals surface area (Å²) in [5, 5.41) is 30.5. The van der Waals surface area contributed by atoms with E-state index in [0.29, 0.717) is 38.1 Å². The van der Waals surface area contributed by atoms with Crippen molar-refractivity contribution in [1.82, 2.24) is 49.9 Å². The van der Waals surface area contributed by atoms with E-state index in [1.165, 1.54) is 0 Å². The molecular weight excluding hydrogens is 876 g/mol. The Labute approximate surface area is 385 Å². The number of aliphatic hydroxyl groups is 1. The smallest absolute Gasteiger partial charge is 0.304 e. The molecule has 0 unspecified atom stereocenters. The summed E-state index contributed by atoms with van der Waals surface area (Å²) in [6.07, 6.45) is 11.0. The molecule has 16 heteroatoms. The Balaban J connectivity index is 0.000000289. The van der Waals surface area contributed by atoms with Crippen molar-refractivity contribution >= 4 is 27.9 Å². The third-order valence-electron chi connectivity index (χ3n) is 8.87. The van der Waals surface area contributed by atoms with Gasteiger partial charge in [-0.15, -0.1) is 0 Å².